The van der Waals surface area contributed by atoms with Gasteiger partial charge in [0.15, 0.2) is 0 Å². The third kappa shape index (κ3) is 3.45. The molecule has 1 aromatic carbocycles. The van der Waals surface area contributed by atoms with Crippen LogP contribution in [0.15, 0.2) is 41.1 Å². The van der Waals surface area contributed by atoms with Crippen LogP contribution in [0.4, 0.5) is 5.69 Å². The third-order valence-electron chi connectivity index (χ3n) is 5.15. The highest BCUT2D eigenvalue weighted by atomic mass is 79.9. The van der Waals surface area contributed by atoms with E-state index in [9.17, 15) is 4.79 Å². The van der Waals surface area contributed by atoms with Gasteiger partial charge in [-0.3, -0.25) is 19.8 Å². The SMILES string of the molecule is COc1ccc(OC)c(C2c3c(CC(C)C)n[nH]c3C(=O)N2c2cncc(Br)c2)c1. The minimum absolute atomic E-state index is 0.151. The number of anilines is 1. The smallest absolute Gasteiger partial charge is 0.277 e. The zero-order chi connectivity index (χ0) is 21.4. The molecule has 1 unspecified atom stereocenters. The van der Waals surface area contributed by atoms with Crippen LogP contribution in [-0.4, -0.2) is 35.3 Å². The number of methoxy groups -OCH3 is 2. The van der Waals surface area contributed by atoms with Crippen molar-refractivity contribution in [2.75, 3.05) is 19.1 Å². The van der Waals surface area contributed by atoms with E-state index in [0.29, 0.717) is 28.8 Å². The number of nitrogens with zero attached hydrogens (tertiary/aromatic N) is 3. The van der Waals surface area contributed by atoms with Crippen LogP contribution in [0.1, 0.15) is 47.2 Å². The van der Waals surface area contributed by atoms with Crippen molar-refractivity contribution in [2.45, 2.75) is 26.3 Å². The molecule has 0 saturated heterocycles. The van der Waals surface area contributed by atoms with E-state index in [4.69, 9.17) is 9.47 Å². The van der Waals surface area contributed by atoms with E-state index in [0.717, 1.165) is 27.7 Å². The summed E-state index contributed by atoms with van der Waals surface area (Å²) in [7, 11) is 3.24. The molecule has 1 N–H and O–H groups in total. The second-order valence-corrected chi connectivity index (χ2v) is 8.52. The monoisotopic (exact) mass is 470 g/mol. The van der Waals surface area contributed by atoms with Gasteiger partial charge in [0.25, 0.3) is 5.91 Å². The molecule has 0 aliphatic carbocycles. The summed E-state index contributed by atoms with van der Waals surface area (Å²) in [5, 5.41) is 7.45. The summed E-state index contributed by atoms with van der Waals surface area (Å²) in [5.41, 5.74) is 3.77. The first-order chi connectivity index (χ1) is 14.4. The van der Waals surface area contributed by atoms with Gasteiger partial charge in [-0.15, -0.1) is 0 Å². The molecule has 0 bridgehead atoms. The lowest BCUT2D eigenvalue weighted by molar-refractivity contribution is 0.0988. The number of hydrogen-bond acceptors (Lipinski definition) is 5. The number of aromatic amines is 1. The average Bonchev–Trinajstić information content (AvgIpc) is 3.26. The minimum atomic E-state index is -0.416. The maximum atomic E-state index is 13.5. The number of pyridine rings is 1. The Morgan fingerprint density at radius 1 is 1.20 bits per heavy atom. The number of benzene rings is 1. The lowest BCUT2D eigenvalue weighted by Crippen LogP contribution is -2.30. The number of nitrogens with one attached hydrogen (secondary N) is 1. The first-order valence-electron chi connectivity index (χ1n) is 9.67. The van der Waals surface area contributed by atoms with Crippen LogP contribution >= 0.6 is 15.9 Å². The summed E-state index contributed by atoms with van der Waals surface area (Å²) in [6.07, 6.45) is 4.13. The van der Waals surface area contributed by atoms with Crippen LogP contribution in [0, 0.1) is 5.92 Å². The van der Waals surface area contributed by atoms with Crippen molar-refractivity contribution in [3.8, 4) is 11.5 Å². The average molecular weight is 471 g/mol. The second kappa shape index (κ2) is 8.10. The highest BCUT2D eigenvalue weighted by molar-refractivity contribution is 9.10. The summed E-state index contributed by atoms with van der Waals surface area (Å²) in [6.45, 7) is 4.27. The number of rotatable bonds is 6. The molecule has 3 heterocycles. The summed E-state index contributed by atoms with van der Waals surface area (Å²) >= 11 is 3.46. The highest BCUT2D eigenvalue weighted by Gasteiger charge is 2.44. The Morgan fingerprint density at radius 3 is 2.67 bits per heavy atom. The molecule has 156 valence electrons. The van der Waals surface area contributed by atoms with E-state index in [-0.39, 0.29) is 5.91 Å². The summed E-state index contributed by atoms with van der Waals surface area (Å²) < 4.78 is 11.9. The zero-order valence-electron chi connectivity index (χ0n) is 17.3. The van der Waals surface area contributed by atoms with Crippen molar-refractivity contribution in [3.05, 3.63) is 63.6 Å². The van der Waals surface area contributed by atoms with Crippen LogP contribution < -0.4 is 14.4 Å². The van der Waals surface area contributed by atoms with Crippen LogP contribution in [-0.2, 0) is 6.42 Å². The number of fused-ring (bicyclic) bond motifs is 1. The van der Waals surface area contributed by atoms with Crippen molar-refractivity contribution in [3.63, 3.8) is 0 Å². The molecule has 30 heavy (non-hydrogen) atoms. The van der Waals surface area contributed by atoms with Gasteiger partial charge in [0.2, 0.25) is 0 Å². The second-order valence-electron chi connectivity index (χ2n) is 7.60. The zero-order valence-corrected chi connectivity index (χ0v) is 18.9. The van der Waals surface area contributed by atoms with Crippen molar-refractivity contribution >= 4 is 27.5 Å². The number of ether oxygens (including phenoxy) is 2. The molecule has 1 atom stereocenters. The molecule has 8 heteroatoms. The highest BCUT2D eigenvalue weighted by Crippen LogP contribution is 2.46. The van der Waals surface area contributed by atoms with E-state index in [1.807, 2.05) is 24.3 Å². The van der Waals surface area contributed by atoms with Gasteiger partial charge < -0.3 is 9.47 Å². The van der Waals surface area contributed by atoms with Gasteiger partial charge in [0.05, 0.1) is 37.8 Å². The van der Waals surface area contributed by atoms with Gasteiger partial charge in [-0.1, -0.05) is 13.8 Å². The summed E-state index contributed by atoms with van der Waals surface area (Å²) in [6, 6.07) is 7.08. The molecule has 1 aliphatic rings. The van der Waals surface area contributed by atoms with Gasteiger partial charge >= 0.3 is 0 Å². The Morgan fingerprint density at radius 2 is 2.00 bits per heavy atom. The lowest BCUT2D eigenvalue weighted by Gasteiger charge is -2.28. The predicted octanol–water partition coefficient (Wildman–Crippen LogP) is 4.53. The Bertz CT molecular complexity index is 1100. The third-order valence-corrected chi connectivity index (χ3v) is 5.58. The normalized spacial score (nSPS) is 15.6. The molecule has 0 radical (unpaired) electrons. The quantitative estimate of drug-likeness (QED) is 0.572. The Hall–Kier alpha value is -2.87. The first-order valence-corrected chi connectivity index (χ1v) is 10.5. The largest absolute Gasteiger partial charge is 0.497 e. The maximum Gasteiger partial charge on any atom is 0.277 e. The van der Waals surface area contributed by atoms with Crippen molar-refractivity contribution in [1.82, 2.24) is 15.2 Å². The standard InChI is InChI=1S/C22H23BrN4O3/c1-12(2)7-17-19-20(26-25-17)22(28)27(14-8-13(23)10-24-11-14)21(19)16-9-15(29-3)5-6-18(16)30-4/h5-6,8-12,21H,7H2,1-4H3,(H,25,26). The number of aromatic nitrogens is 3. The fourth-order valence-electron chi connectivity index (χ4n) is 3.90. The van der Waals surface area contributed by atoms with Gasteiger partial charge in [-0.05, 0) is 52.5 Å². The van der Waals surface area contributed by atoms with Crippen molar-refractivity contribution in [2.24, 2.45) is 5.92 Å². The Labute approximate surface area is 183 Å². The molecule has 4 rings (SSSR count). The molecule has 7 nitrogen and oxygen atoms in total. The fraction of sp³-hybridized carbons (Fsp3) is 0.318. The van der Waals surface area contributed by atoms with E-state index in [2.05, 4.69) is 45.0 Å². The molecule has 0 spiro atoms. The number of amides is 1. The molecule has 1 aliphatic heterocycles. The van der Waals surface area contributed by atoms with Crippen molar-refractivity contribution < 1.29 is 14.3 Å². The predicted molar refractivity (Wildman–Crippen MR) is 117 cm³/mol. The first kappa shape index (κ1) is 20.4. The molecular formula is C22H23BrN4O3. The maximum absolute atomic E-state index is 13.5. The van der Waals surface area contributed by atoms with Gasteiger partial charge in [-0.25, -0.2) is 0 Å². The van der Waals surface area contributed by atoms with Gasteiger partial charge in [0.1, 0.15) is 17.2 Å². The summed E-state index contributed by atoms with van der Waals surface area (Å²) in [5.74, 6) is 1.60. The lowest BCUT2D eigenvalue weighted by atomic mass is 9.94. The van der Waals surface area contributed by atoms with Crippen LogP contribution in [0.3, 0.4) is 0 Å². The molecule has 3 aromatic rings. The van der Waals surface area contributed by atoms with Gasteiger partial charge in [0, 0.05) is 21.8 Å². The van der Waals surface area contributed by atoms with E-state index in [1.165, 1.54) is 0 Å². The van der Waals surface area contributed by atoms with E-state index in [1.54, 1.807) is 31.5 Å². The Balaban J connectivity index is 1.96. The summed E-state index contributed by atoms with van der Waals surface area (Å²) in [4.78, 5) is 19.5. The Kier molecular flexibility index (Phi) is 5.51. The molecule has 0 saturated carbocycles. The fourth-order valence-corrected chi connectivity index (χ4v) is 4.25. The van der Waals surface area contributed by atoms with E-state index >= 15 is 0 Å². The topological polar surface area (TPSA) is 80.3 Å². The number of carbonyl (C=O) groups excluding carboxylic acids is 1. The molecule has 1 amide bonds. The van der Waals surface area contributed by atoms with Crippen LogP contribution in [0.25, 0.3) is 0 Å². The minimum Gasteiger partial charge on any atom is -0.497 e. The molecule has 0 fully saturated rings. The van der Waals surface area contributed by atoms with Crippen LogP contribution in [0.2, 0.25) is 0 Å². The number of hydrogen-bond donors (Lipinski definition) is 1. The van der Waals surface area contributed by atoms with Gasteiger partial charge in [-0.2, -0.15) is 5.10 Å². The van der Waals surface area contributed by atoms with Crippen LogP contribution in [0.5, 0.6) is 11.5 Å². The van der Waals surface area contributed by atoms with E-state index < -0.39 is 6.04 Å². The molecular weight excluding hydrogens is 448 g/mol. The number of halogens is 1. The van der Waals surface area contributed by atoms with Crippen molar-refractivity contribution in [1.29, 1.82) is 0 Å². The molecule has 2 aromatic heterocycles. The number of H-pyrrole nitrogens is 1. The number of carbonyl (C=O) groups is 1.